The van der Waals surface area contributed by atoms with Crippen molar-refractivity contribution in [1.29, 1.82) is 0 Å². The number of amides is 2. The normalized spacial score (nSPS) is 15.5. The van der Waals surface area contributed by atoms with E-state index in [1.54, 1.807) is 43.3 Å². The molecule has 1 N–H and O–H groups in total. The van der Waals surface area contributed by atoms with Gasteiger partial charge in [0.15, 0.2) is 11.5 Å². The molecule has 0 unspecified atom stereocenters. The lowest BCUT2D eigenvalue weighted by molar-refractivity contribution is -0.139. The van der Waals surface area contributed by atoms with Crippen molar-refractivity contribution >= 4 is 27.5 Å². The SMILES string of the molecule is C[C@H](C(=O)NC1CCCC1)N(CCc1ccccc1)C(=O)CN(c1ccc2c(c1)OCCO2)S(=O)(=O)c1ccccc1. The molecule has 0 aromatic heterocycles. The van der Waals surface area contributed by atoms with E-state index in [4.69, 9.17) is 9.47 Å². The first-order valence-corrected chi connectivity index (χ1v) is 15.9. The first-order valence-electron chi connectivity index (χ1n) is 14.4. The second kappa shape index (κ2) is 13.3. The maximum Gasteiger partial charge on any atom is 0.264 e. The molecule has 42 heavy (non-hydrogen) atoms. The fraction of sp³-hybridized carbons (Fsp3) is 0.375. The van der Waals surface area contributed by atoms with Gasteiger partial charge in [0.2, 0.25) is 11.8 Å². The predicted molar refractivity (Wildman–Crippen MR) is 160 cm³/mol. The maximum absolute atomic E-state index is 14.1. The van der Waals surface area contributed by atoms with Gasteiger partial charge in [0.25, 0.3) is 10.0 Å². The smallest absolute Gasteiger partial charge is 0.264 e. The summed E-state index contributed by atoms with van der Waals surface area (Å²) in [6, 6.07) is 21.8. The lowest BCUT2D eigenvalue weighted by Crippen LogP contribution is -2.53. The molecule has 1 aliphatic heterocycles. The summed E-state index contributed by atoms with van der Waals surface area (Å²) in [5, 5.41) is 3.09. The van der Waals surface area contributed by atoms with E-state index in [2.05, 4.69) is 5.32 Å². The molecule has 222 valence electrons. The Morgan fingerprint density at radius 3 is 2.24 bits per heavy atom. The molecule has 0 radical (unpaired) electrons. The molecule has 2 aliphatic rings. The van der Waals surface area contributed by atoms with E-state index in [9.17, 15) is 18.0 Å². The van der Waals surface area contributed by atoms with Crippen molar-refractivity contribution in [3.05, 3.63) is 84.4 Å². The molecule has 1 heterocycles. The van der Waals surface area contributed by atoms with E-state index < -0.39 is 28.5 Å². The summed E-state index contributed by atoms with van der Waals surface area (Å²) >= 11 is 0. The van der Waals surface area contributed by atoms with Gasteiger partial charge in [-0.15, -0.1) is 0 Å². The summed E-state index contributed by atoms with van der Waals surface area (Å²) in [6.07, 6.45) is 4.49. The Hall–Kier alpha value is -4.05. The number of benzene rings is 3. The Kier molecular flexibility index (Phi) is 9.31. The van der Waals surface area contributed by atoms with E-state index >= 15 is 0 Å². The highest BCUT2D eigenvalue weighted by Gasteiger charge is 2.33. The Balaban J connectivity index is 1.45. The predicted octanol–water partition coefficient (Wildman–Crippen LogP) is 4.17. The van der Waals surface area contributed by atoms with Gasteiger partial charge in [0, 0.05) is 18.7 Å². The van der Waals surface area contributed by atoms with E-state index in [0.29, 0.717) is 31.1 Å². The number of ether oxygens (including phenoxy) is 2. The summed E-state index contributed by atoms with van der Waals surface area (Å²) in [5.74, 6) is 0.203. The molecule has 3 aromatic rings. The molecule has 5 rings (SSSR count). The van der Waals surface area contributed by atoms with Crippen LogP contribution in [0.4, 0.5) is 5.69 Å². The van der Waals surface area contributed by atoms with Gasteiger partial charge in [-0.05, 0) is 56.0 Å². The molecule has 1 saturated carbocycles. The molecule has 0 spiro atoms. The monoisotopic (exact) mass is 591 g/mol. The number of carbonyl (C=O) groups excluding carboxylic acids is 2. The number of sulfonamides is 1. The average molecular weight is 592 g/mol. The van der Waals surface area contributed by atoms with Gasteiger partial charge in [-0.3, -0.25) is 13.9 Å². The molecule has 2 amide bonds. The van der Waals surface area contributed by atoms with Crippen molar-refractivity contribution in [2.45, 2.75) is 56.0 Å². The van der Waals surface area contributed by atoms with Crippen LogP contribution in [0.25, 0.3) is 0 Å². The van der Waals surface area contributed by atoms with Crippen LogP contribution in [0.15, 0.2) is 83.8 Å². The van der Waals surface area contributed by atoms with Gasteiger partial charge in [0.1, 0.15) is 25.8 Å². The average Bonchev–Trinajstić information content (AvgIpc) is 3.53. The summed E-state index contributed by atoms with van der Waals surface area (Å²) in [5.41, 5.74) is 1.28. The lowest BCUT2D eigenvalue weighted by atomic mass is 10.1. The second-order valence-electron chi connectivity index (χ2n) is 10.6. The second-order valence-corrected chi connectivity index (χ2v) is 12.5. The van der Waals surface area contributed by atoms with E-state index in [1.165, 1.54) is 17.0 Å². The Morgan fingerprint density at radius 2 is 1.55 bits per heavy atom. The third-order valence-corrected chi connectivity index (χ3v) is 9.56. The van der Waals surface area contributed by atoms with Crippen LogP contribution in [0, 0.1) is 0 Å². The van der Waals surface area contributed by atoms with Crippen LogP contribution in [0.1, 0.15) is 38.2 Å². The van der Waals surface area contributed by atoms with E-state index in [1.807, 2.05) is 30.3 Å². The highest BCUT2D eigenvalue weighted by molar-refractivity contribution is 7.92. The van der Waals surface area contributed by atoms with Gasteiger partial charge >= 0.3 is 0 Å². The van der Waals surface area contributed by atoms with Gasteiger partial charge in [-0.1, -0.05) is 61.4 Å². The van der Waals surface area contributed by atoms with Crippen LogP contribution in [0.3, 0.4) is 0 Å². The number of rotatable bonds is 11. The zero-order valence-electron chi connectivity index (χ0n) is 23.8. The largest absolute Gasteiger partial charge is 0.486 e. The highest BCUT2D eigenvalue weighted by Crippen LogP contribution is 2.36. The van der Waals surface area contributed by atoms with Crippen molar-refractivity contribution in [1.82, 2.24) is 10.2 Å². The molecule has 9 nitrogen and oxygen atoms in total. The molecular formula is C32H37N3O6S. The van der Waals surface area contributed by atoms with Crippen LogP contribution in [0.5, 0.6) is 11.5 Å². The fourth-order valence-corrected chi connectivity index (χ4v) is 6.82. The first kappa shape index (κ1) is 29.4. The van der Waals surface area contributed by atoms with Crippen LogP contribution in [-0.4, -0.2) is 63.5 Å². The van der Waals surface area contributed by atoms with Crippen molar-refractivity contribution < 1.29 is 27.5 Å². The fourth-order valence-electron chi connectivity index (χ4n) is 5.40. The van der Waals surface area contributed by atoms with E-state index in [0.717, 1.165) is 35.6 Å². The quantitative estimate of drug-likeness (QED) is 0.359. The molecule has 10 heteroatoms. The third-order valence-electron chi connectivity index (χ3n) is 7.78. The molecule has 1 aliphatic carbocycles. The lowest BCUT2D eigenvalue weighted by Gasteiger charge is -2.32. The maximum atomic E-state index is 14.1. The number of anilines is 1. The Labute approximate surface area is 247 Å². The van der Waals surface area contributed by atoms with Crippen molar-refractivity contribution in [2.75, 3.05) is 30.6 Å². The Bertz CT molecular complexity index is 1480. The summed E-state index contributed by atoms with van der Waals surface area (Å²) < 4.78 is 40.4. The Morgan fingerprint density at radius 1 is 0.905 bits per heavy atom. The molecule has 0 saturated heterocycles. The summed E-state index contributed by atoms with van der Waals surface area (Å²) in [6.45, 7) is 2.19. The number of hydrogen-bond acceptors (Lipinski definition) is 6. The molecule has 1 fully saturated rings. The van der Waals surface area contributed by atoms with Gasteiger partial charge in [-0.25, -0.2) is 8.42 Å². The molecule has 0 bridgehead atoms. The van der Waals surface area contributed by atoms with Gasteiger partial charge in [-0.2, -0.15) is 0 Å². The number of hydrogen-bond donors (Lipinski definition) is 1. The van der Waals surface area contributed by atoms with Crippen LogP contribution in [-0.2, 0) is 26.0 Å². The third kappa shape index (κ3) is 6.87. The molecule has 1 atom stereocenters. The minimum Gasteiger partial charge on any atom is -0.486 e. The minimum atomic E-state index is -4.15. The molecule has 3 aromatic carbocycles. The van der Waals surface area contributed by atoms with E-state index in [-0.39, 0.29) is 29.1 Å². The van der Waals surface area contributed by atoms with Crippen LogP contribution >= 0.6 is 0 Å². The van der Waals surface area contributed by atoms with Crippen LogP contribution < -0.4 is 19.1 Å². The number of carbonyl (C=O) groups is 2. The standard InChI is InChI=1S/C32H37N3O6S/c1-24(32(37)33-26-12-8-9-13-26)34(19-18-25-10-4-2-5-11-25)31(36)23-35(42(38,39)28-14-6-3-7-15-28)27-16-17-29-30(22-27)41-21-20-40-29/h2-7,10-11,14-17,22,24,26H,8-9,12-13,18-21,23H2,1H3,(H,33,37)/t24-/m1/s1. The molecular weight excluding hydrogens is 554 g/mol. The number of nitrogens with one attached hydrogen (secondary N) is 1. The highest BCUT2D eigenvalue weighted by atomic mass is 32.2. The van der Waals surface area contributed by atoms with Crippen molar-refractivity contribution in [2.24, 2.45) is 0 Å². The zero-order valence-corrected chi connectivity index (χ0v) is 24.6. The van der Waals surface area contributed by atoms with Gasteiger partial charge in [0.05, 0.1) is 10.6 Å². The zero-order chi connectivity index (χ0) is 29.5. The summed E-state index contributed by atoms with van der Waals surface area (Å²) in [4.78, 5) is 28.9. The first-order chi connectivity index (χ1) is 20.3. The van der Waals surface area contributed by atoms with Gasteiger partial charge < -0.3 is 19.7 Å². The number of nitrogens with zero attached hydrogens (tertiary/aromatic N) is 2. The number of fused-ring (bicyclic) bond motifs is 1. The minimum absolute atomic E-state index is 0.0514. The topological polar surface area (TPSA) is 105 Å². The van der Waals surface area contributed by atoms with Crippen LogP contribution in [0.2, 0.25) is 0 Å². The van der Waals surface area contributed by atoms with Crippen molar-refractivity contribution in [3.8, 4) is 11.5 Å². The summed E-state index contributed by atoms with van der Waals surface area (Å²) in [7, 11) is -4.15. The van der Waals surface area contributed by atoms with Crippen molar-refractivity contribution in [3.63, 3.8) is 0 Å².